The lowest BCUT2D eigenvalue weighted by Gasteiger charge is -2.32. The SMILES string of the molecule is CN(C)C(=O)C1CCN(C(=O)Cn2ccc(N)n2)CC1. The number of likely N-dealkylation sites (tertiary alicyclic amines) is 1. The van der Waals surface area contributed by atoms with Gasteiger partial charge in [-0.1, -0.05) is 0 Å². The topological polar surface area (TPSA) is 84.5 Å². The van der Waals surface area contributed by atoms with E-state index in [1.807, 2.05) is 0 Å². The average molecular weight is 279 g/mol. The summed E-state index contributed by atoms with van der Waals surface area (Å²) in [6.07, 6.45) is 3.14. The van der Waals surface area contributed by atoms with E-state index in [0.29, 0.717) is 18.9 Å². The largest absolute Gasteiger partial charge is 0.382 e. The van der Waals surface area contributed by atoms with Gasteiger partial charge < -0.3 is 15.5 Å². The lowest BCUT2D eigenvalue weighted by Crippen LogP contribution is -2.43. The van der Waals surface area contributed by atoms with Crippen molar-refractivity contribution in [2.24, 2.45) is 5.92 Å². The Kier molecular flexibility index (Phi) is 4.26. The van der Waals surface area contributed by atoms with Crippen LogP contribution in [0.2, 0.25) is 0 Å². The average Bonchev–Trinajstić information content (AvgIpc) is 2.83. The van der Waals surface area contributed by atoms with Crippen molar-refractivity contribution in [1.82, 2.24) is 19.6 Å². The fourth-order valence-corrected chi connectivity index (χ4v) is 2.45. The highest BCUT2D eigenvalue weighted by molar-refractivity contribution is 5.79. The van der Waals surface area contributed by atoms with Gasteiger partial charge in [0.15, 0.2) is 0 Å². The Morgan fingerprint density at radius 1 is 1.40 bits per heavy atom. The van der Waals surface area contributed by atoms with E-state index in [4.69, 9.17) is 5.73 Å². The Hall–Kier alpha value is -2.05. The van der Waals surface area contributed by atoms with Crippen molar-refractivity contribution in [1.29, 1.82) is 0 Å². The van der Waals surface area contributed by atoms with Gasteiger partial charge in [-0.15, -0.1) is 0 Å². The van der Waals surface area contributed by atoms with E-state index in [-0.39, 0.29) is 24.3 Å². The molecule has 2 rings (SSSR count). The molecule has 0 saturated carbocycles. The molecule has 2 amide bonds. The number of nitrogens with two attached hydrogens (primary N) is 1. The molecule has 0 aromatic carbocycles. The summed E-state index contributed by atoms with van der Waals surface area (Å²) in [5.41, 5.74) is 5.51. The van der Waals surface area contributed by atoms with E-state index in [2.05, 4.69) is 5.10 Å². The second-order valence-corrected chi connectivity index (χ2v) is 5.33. The number of nitrogens with zero attached hydrogens (tertiary/aromatic N) is 4. The molecule has 1 aliphatic rings. The summed E-state index contributed by atoms with van der Waals surface area (Å²) in [7, 11) is 3.53. The third-order valence-corrected chi connectivity index (χ3v) is 3.60. The van der Waals surface area contributed by atoms with Crippen LogP contribution in [0.25, 0.3) is 0 Å². The van der Waals surface area contributed by atoms with Gasteiger partial charge in [0.05, 0.1) is 0 Å². The lowest BCUT2D eigenvalue weighted by molar-refractivity contribution is -0.139. The van der Waals surface area contributed by atoms with Crippen molar-refractivity contribution >= 4 is 17.6 Å². The van der Waals surface area contributed by atoms with E-state index in [9.17, 15) is 9.59 Å². The van der Waals surface area contributed by atoms with Crippen LogP contribution in [0.5, 0.6) is 0 Å². The van der Waals surface area contributed by atoms with Crippen molar-refractivity contribution in [3.05, 3.63) is 12.3 Å². The van der Waals surface area contributed by atoms with Crippen LogP contribution < -0.4 is 5.73 Å². The molecule has 0 unspecified atom stereocenters. The minimum Gasteiger partial charge on any atom is -0.382 e. The standard InChI is InChI=1S/C13H21N5O2/c1-16(2)13(20)10-3-6-17(7-4-10)12(19)9-18-8-5-11(14)15-18/h5,8,10H,3-4,6-7,9H2,1-2H3,(H2,14,15). The van der Waals surface area contributed by atoms with Crippen LogP contribution in [0.1, 0.15) is 12.8 Å². The highest BCUT2D eigenvalue weighted by Gasteiger charge is 2.28. The highest BCUT2D eigenvalue weighted by atomic mass is 16.2. The predicted molar refractivity (Wildman–Crippen MR) is 74.6 cm³/mol. The minimum absolute atomic E-state index is 0.0175. The fraction of sp³-hybridized carbons (Fsp3) is 0.615. The zero-order valence-electron chi connectivity index (χ0n) is 12.0. The first kappa shape index (κ1) is 14.4. The first-order chi connectivity index (χ1) is 9.47. The second kappa shape index (κ2) is 5.94. The van der Waals surface area contributed by atoms with Crippen LogP contribution >= 0.6 is 0 Å². The van der Waals surface area contributed by atoms with Gasteiger partial charge in [0, 0.05) is 39.3 Å². The number of nitrogen functional groups attached to an aromatic ring is 1. The van der Waals surface area contributed by atoms with Crippen LogP contribution in [0.4, 0.5) is 5.82 Å². The van der Waals surface area contributed by atoms with E-state index in [1.54, 1.807) is 36.2 Å². The molecule has 1 aliphatic heterocycles. The molecule has 1 aromatic heterocycles. The van der Waals surface area contributed by atoms with E-state index in [1.165, 1.54) is 4.68 Å². The number of amides is 2. The van der Waals surface area contributed by atoms with Crippen LogP contribution in [0.15, 0.2) is 12.3 Å². The normalized spacial score (nSPS) is 16.2. The number of hydrogen-bond acceptors (Lipinski definition) is 4. The number of anilines is 1. The van der Waals surface area contributed by atoms with Crippen molar-refractivity contribution in [2.45, 2.75) is 19.4 Å². The maximum Gasteiger partial charge on any atom is 0.244 e. The fourth-order valence-electron chi connectivity index (χ4n) is 2.45. The van der Waals surface area contributed by atoms with Crippen molar-refractivity contribution in [2.75, 3.05) is 32.9 Å². The lowest BCUT2D eigenvalue weighted by atomic mass is 9.95. The summed E-state index contributed by atoms with van der Waals surface area (Å²) >= 11 is 0. The maximum atomic E-state index is 12.1. The molecule has 20 heavy (non-hydrogen) atoms. The molecule has 1 saturated heterocycles. The zero-order chi connectivity index (χ0) is 14.7. The van der Waals surface area contributed by atoms with Gasteiger partial charge in [-0.3, -0.25) is 14.3 Å². The molecule has 0 aliphatic carbocycles. The molecule has 110 valence electrons. The van der Waals surface area contributed by atoms with Gasteiger partial charge in [0.25, 0.3) is 0 Å². The van der Waals surface area contributed by atoms with Gasteiger partial charge >= 0.3 is 0 Å². The van der Waals surface area contributed by atoms with Crippen molar-refractivity contribution in [3.8, 4) is 0 Å². The summed E-state index contributed by atoms with van der Waals surface area (Å²) in [5, 5.41) is 4.00. The molecule has 2 N–H and O–H groups in total. The molecule has 7 heteroatoms. The van der Waals surface area contributed by atoms with Crippen LogP contribution in [0.3, 0.4) is 0 Å². The van der Waals surface area contributed by atoms with Crippen LogP contribution in [0, 0.1) is 5.92 Å². The summed E-state index contributed by atoms with van der Waals surface area (Å²) < 4.78 is 1.54. The summed E-state index contributed by atoms with van der Waals surface area (Å²) in [6, 6.07) is 1.66. The number of piperidine rings is 1. The van der Waals surface area contributed by atoms with Crippen molar-refractivity contribution in [3.63, 3.8) is 0 Å². The molecule has 0 radical (unpaired) electrons. The molecule has 1 fully saturated rings. The zero-order valence-corrected chi connectivity index (χ0v) is 12.0. The molecule has 0 bridgehead atoms. The molecule has 1 aromatic rings. The number of carbonyl (C=O) groups is 2. The van der Waals surface area contributed by atoms with Gasteiger partial charge in [0.2, 0.25) is 11.8 Å². The Morgan fingerprint density at radius 3 is 2.55 bits per heavy atom. The summed E-state index contributed by atoms with van der Waals surface area (Å²) in [6.45, 7) is 1.45. The summed E-state index contributed by atoms with van der Waals surface area (Å²) in [4.78, 5) is 27.4. The first-order valence-electron chi connectivity index (χ1n) is 6.75. The number of aromatic nitrogens is 2. The Bertz CT molecular complexity index is 489. The van der Waals surface area contributed by atoms with E-state index >= 15 is 0 Å². The molecular weight excluding hydrogens is 258 g/mol. The Morgan fingerprint density at radius 2 is 2.05 bits per heavy atom. The molecule has 2 heterocycles. The second-order valence-electron chi connectivity index (χ2n) is 5.33. The maximum absolute atomic E-state index is 12.1. The predicted octanol–water partition coefficient (Wildman–Crippen LogP) is -0.208. The van der Waals surface area contributed by atoms with Crippen molar-refractivity contribution < 1.29 is 9.59 Å². The number of carbonyl (C=O) groups excluding carboxylic acids is 2. The number of hydrogen-bond donors (Lipinski definition) is 1. The smallest absolute Gasteiger partial charge is 0.244 e. The summed E-state index contributed by atoms with van der Waals surface area (Å²) in [5.74, 6) is 0.614. The molecular formula is C13H21N5O2. The quantitative estimate of drug-likeness (QED) is 0.830. The minimum atomic E-state index is 0.0175. The molecule has 0 atom stereocenters. The third kappa shape index (κ3) is 3.28. The first-order valence-corrected chi connectivity index (χ1v) is 6.75. The van der Waals surface area contributed by atoms with Gasteiger partial charge in [-0.05, 0) is 18.9 Å². The monoisotopic (exact) mass is 279 g/mol. The van der Waals surface area contributed by atoms with Gasteiger partial charge in [-0.2, -0.15) is 5.10 Å². The van der Waals surface area contributed by atoms with E-state index < -0.39 is 0 Å². The van der Waals surface area contributed by atoms with Crippen LogP contribution in [-0.4, -0.2) is 58.6 Å². The van der Waals surface area contributed by atoms with Gasteiger partial charge in [0.1, 0.15) is 12.4 Å². The highest BCUT2D eigenvalue weighted by Crippen LogP contribution is 2.19. The third-order valence-electron chi connectivity index (χ3n) is 3.60. The Balaban J connectivity index is 1.84. The molecule has 0 spiro atoms. The van der Waals surface area contributed by atoms with Crippen LogP contribution in [-0.2, 0) is 16.1 Å². The number of rotatable bonds is 3. The molecule has 7 nitrogen and oxygen atoms in total. The van der Waals surface area contributed by atoms with Gasteiger partial charge in [-0.25, -0.2) is 0 Å². The van der Waals surface area contributed by atoms with E-state index in [0.717, 1.165) is 12.8 Å². The Labute approximate surface area is 118 Å².